The van der Waals surface area contributed by atoms with Crippen LogP contribution in [0.5, 0.6) is 0 Å². The van der Waals surface area contributed by atoms with Crippen LogP contribution in [0.3, 0.4) is 0 Å². The van der Waals surface area contributed by atoms with Crippen LogP contribution in [0.1, 0.15) is 0 Å². The topological polar surface area (TPSA) is 90.5 Å². The maximum atomic E-state index is 4.51. The lowest BCUT2D eigenvalue weighted by molar-refractivity contribution is 0.308. The van der Waals surface area contributed by atoms with Gasteiger partial charge in [-0.05, 0) is 5.16 Å². The molecule has 0 aromatic carbocycles. The Balaban J connectivity index is 2.15. The summed E-state index contributed by atoms with van der Waals surface area (Å²) < 4.78 is 20.8. The molecule has 0 unspecified atom stereocenters. The van der Waals surface area contributed by atoms with Crippen molar-refractivity contribution in [3.05, 3.63) is 12.4 Å². The lowest BCUT2D eigenvalue weighted by atomic mass is 10.2. The largest absolute Gasteiger partial charge is 0.244 e. The molecule has 0 aliphatic heterocycles. The molecule has 9 heteroatoms. The molecule has 0 saturated heterocycles. The highest BCUT2D eigenvalue weighted by molar-refractivity contribution is 7.00. The van der Waals surface area contributed by atoms with Crippen molar-refractivity contribution >= 4 is 23.5 Å². The van der Waals surface area contributed by atoms with Crippen LogP contribution >= 0.6 is 23.5 Å². The summed E-state index contributed by atoms with van der Waals surface area (Å²) in [5, 5.41) is 7.22. The highest BCUT2D eigenvalue weighted by Crippen LogP contribution is 2.27. The number of aromatic nitrogens is 6. The molecule has 0 aliphatic carbocycles. The molecule has 7 nitrogen and oxygen atoms in total. The molecule has 3 rings (SSSR count). The third-order valence-electron chi connectivity index (χ3n) is 1.70. The van der Waals surface area contributed by atoms with Gasteiger partial charge in [-0.1, -0.05) is 5.16 Å². The van der Waals surface area contributed by atoms with Crippen LogP contribution in [0, 0.1) is 0 Å². The van der Waals surface area contributed by atoms with Crippen molar-refractivity contribution in [2.24, 2.45) is 0 Å². The normalized spacial score (nSPS) is 10.7. The van der Waals surface area contributed by atoms with E-state index in [4.69, 9.17) is 0 Å². The first kappa shape index (κ1) is 8.56. The number of rotatable bonds is 2. The van der Waals surface area contributed by atoms with Crippen molar-refractivity contribution in [2.45, 2.75) is 0 Å². The summed E-state index contributed by atoms with van der Waals surface area (Å²) in [6, 6.07) is 0. The van der Waals surface area contributed by atoms with Crippen LogP contribution in [0.25, 0.3) is 22.8 Å². The van der Waals surface area contributed by atoms with Crippen molar-refractivity contribution < 1.29 is 4.63 Å². The predicted octanol–water partition coefficient (Wildman–Crippen LogP) is 1.11. The van der Waals surface area contributed by atoms with E-state index < -0.39 is 0 Å². The number of hydrogen-bond acceptors (Lipinski definition) is 9. The first-order valence-electron chi connectivity index (χ1n) is 3.83. The van der Waals surface area contributed by atoms with Gasteiger partial charge in [0.25, 0.3) is 0 Å². The summed E-state index contributed by atoms with van der Waals surface area (Å²) in [4.78, 5) is 0. The lowest BCUT2D eigenvalue weighted by Gasteiger charge is -1.89. The van der Waals surface area contributed by atoms with Crippen molar-refractivity contribution in [1.29, 1.82) is 0 Å². The monoisotopic (exact) mass is 238 g/mol. The zero-order chi connectivity index (χ0) is 10.1. The quantitative estimate of drug-likeness (QED) is 0.660. The predicted molar refractivity (Wildman–Crippen MR) is 52.1 cm³/mol. The minimum atomic E-state index is 0.548. The Morgan fingerprint density at radius 2 is 1.80 bits per heavy atom. The highest BCUT2D eigenvalue weighted by atomic mass is 32.1. The van der Waals surface area contributed by atoms with Crippen molar-refractivity contribution in [3.8, 4) is 22.8 Å². The Morgan fingerprint density at radius 1 is 0.933 bits per heavy atom. The Kier molecular flexibility index (Phi) is 1.96. The molecule has 0 fully saturated rings. The molecule has 0 radical (unpaired) electrons. The van der Waals surface area contributed by atoms with E-state index in [1.807, 2.05) is 0 Å². The Labute approximate surface area is 91.4 Å². The van der Waals surface area contributed by atoms with Crippen LogP contribution in [-0.2, 0) is 0 Å². The second-order valence-corrected chi connectivity index (χ2v) is 3.63. The van der Waals surface area contributed by atoms with Crippen LogP contribution < -0.4 is 0 Å². The average molecular weight is 238 g/mol. The third kappa shape index (κ3) is 1.41. The second kappa shape index (κ2) is 3.44. The fraction of sp³-hybridized carbons (Fsp3) is 0. The number of hydrogen-bond donors (Lipinski definition) is 0. The minimum absolute atomic E-state index is 0.548. The molecule has 0 N–H and O–H groups in total. The zero-order valence-corrected chi connectivity index (χ0v) is 8.70. The van der Waals surface area contributed by atoms with Gasteiger partial charge in [0.2, 0.25) is 0 Å². The number of nitrogens with zero attached hydrogens (tertiary/aromatic N) is 6. The van der Waals surface area contributed by atoms with E-state index in [0.29, 0.717) is 22.8 Å². The first-order chi connectivity index (χ1) is 7.45. The highest BCUT2D eigenvalue weighted by Gasteiger charge is 2.17. The molecule has 0 aliphatic rings. The van der Waals surface area contributed by atoms with E-state index in [2.05, 4.69) is 32.4 Å². The van der Waals surface area contributed by atoms with Crippen molar-refractivity contribution in [3.63, 3.8) is 0 Å². The van der Waals surface area contributed by atoms with Gasteiger partial charge in [-0.25, -0.2) is 4.63 Å². The summed E-state index contributed by atoms with van der Waals surface area (Å²) in [6.07, 6.45) is 3.12. The van der Waals surface area contributed by atoms with Gasteiger partial charge < -0.3 is 0 Å². The smallest absolute Gasteiger partial charge is 0.156 e. The molecular weight excluding hydrogens is 236 g/mol. The van der Waals surface area contributed by atoms with E-state index in [1.165, 1.54) is 6.20 Å². The van der Waals surface area contributed by atoms with E-state index in [9.17, 15) is 0 Å². The summed E-state index contributed by atoms with van der Waals surface area (Å²) >= 11 is 2.21. The van der Waals surface area contributed by atoms with Crippen LogP contribution in [0.2, 0.25) is 0 Å². The third-order valence-corrected chi connectivity index (χ3v) is 2.70. The molecule has 3 aromatic rings. The molecule has 0 spiro atoms. The molecule has 15 heavy (non-hydrogen) atoms. The molecule has 3 heterocycles. The second-order valence-electron chi connectivity index (χ2n) is 2.55. The molecule has 0 saturated carbocycles. The molecule has 74 valence electrons. The SMILES string of the molecule is c1nonc1-c1nsnc1-c1cnsn1. The van der Waals surface area contributed by atoms with Gasteiger partial charge in [0.1, 0.15) is 23.3 Å². The van der Waals surface area contributed by atoms with E-state index >= 15 is 0 Å². The van der Waals surface area contributed by atoms with E-state index in [1.54, 1.807) is 6.20 Å². The molecular formula is C6H2N6OS2. The Morgan fingerprint density at radius 3 is 2.47 bits per heavy atom. The fourth-order valence-electron chi connectivity index (χ4n) is 1.06. The van der Waals surface area contributed by atoms with Crippen LogP contribution in [0.15, 0.2) is 17.0 Å². The van der Waals surface area contributed by atoms with Gasteiger partial charge in [-0.3, -0.25) is 0 Å². The van der Waals surface area contributed by atoms with Gasteiger partial charge in [-0.15, -0.1) is 0 Å². The summed E-state index contributed by atoms with van der Waals surface area (Å²) in [5.41, 5.74) is 2.51. The Hall–Kier alpha value is -1.74. The maximum Gasteiger partial charge on any atom is 0.156 e. The first-order valence-corrected chi connectivity index (χ1v) is 5.29. The van der Waals surface area contributed by atoms with Gasteiger partial charge in [-0.2, -0.15) is 17.5 Å². The van der Waals surface area contributed by atoms with Crippen molar-refractivity contribution in [1.82, 2.24) is 27.8 Å². The Bertz CT molecular complexity index is 495. The zero-order valence-electron chi connectivity index (χ0n) is 7.06. The standard InChI is InChI=1S/C6H2N6OS2/c1-3(9-13-7-1)5-6(12-15-11-5)4-2-8-14-10-4/h1-2H. The fourth-order valence-corrected chi connectivity index (χ4v) is 2.04. The summed E-state index contributed by atoms with van der Waals surface area (Å²) in [6.45, 7) is 0. The van der Waals surface area contributed by atoms with Crippen LogP contribution in [-0.4, -0.2) is 27.8 Å². The van der Waals surface area contributed by atoms with Gasteiger partial charge in [0, 0.05) is 0 Å². The van der Waals surface area contributed by atoms with E-state index in [0.717, 1.165) is 23.5 Å². The van der Waals surface area contributed by atoms with Crippen LogP contribution in [0.4, 0.5) is 0 Å². The summed E-state index contributed by atoms with van der Waals surface area (Å²) in [5.74, 6) is 0. The van der Waals surface area contributed by atoms with Gasteiger partial charge in [0.15, 0.2) is 5.69 Å². The lowest BCUT2D eigenvalue weighted by Crippen LogP contribution is -1.83. The van der Waals surface area contributed by atoms with Gasteiger partial charge in [0.05, 0.1) is 29.7 Å². The summed E-state index contributed by atoms with van der Waals surface area (Å²) in [7, 11) is 0. The van der Waals surface area contributed by atoms with Gasteiger partial charge >= 0.3 is 0 Å². The van der Waals surface area contributed by atoms with Crippen molar-refractivity contribution in [2.75, 3.05) is 0 Å². The maximum absolute atomic E-state index is 4.51. The average Bonchev–Trinajstić information content (AvgIpc) is 3.01. The molecule has 0 atom stereocenters. The van der Waals surface area contributed by atoms with E-state index in [-0.39, 0.29) is 0 Å². The molecule has 3 aromatic heterocycles. The molecule has 0 bridgehead atoms. The molecule has 0 amide bonds. The minimum Gasteiger partial charge on any atom is -0.244 e.